The summed E-state index contributed by atoms with van der Waals surface area (Å²) < 4.78 is 25.3. The van der Waals surface area contributed by atoms with Crippen LogP contribution >= 0.6 is 23.1 Å². The molecule has 1 aromatic carbocycles. The van der Waals surface area contributed by atoms with Crippen LogP contribution in [0.1, 0.15) is 33.7 Å². The van der Waals surface area contributed by atoms with E-state index in [1.165, 1.54) is 35.1 Å². The highest BCUT2D eigenvalue weighted by atomic mass is 32.2. The van der Waals surface area contributed by atoms with E-state index in [9.17, 15) is 19.1 Å². The predicted octanol–water partition coefficient (Wildman–Crippen LogP) is 5.25. The third-order valence-corrected chi connectivity index (χ3v) is 7.25. The van der Waals surface area contributed by atoms with Crippen molar-refractivity contribution in [2.24, 2.45) is 0 Å². The van der Waals surface area contributed by atoms with Gasteiger partial charge in [0.25, 0.3) is 5.91 Å². The number of aliphatic hydroxyl groups is 1. The number of hydrogen-bond donors (Lipinski definition) is 1. The first-order valence-electron chi connectivity index (χ1n) is 10.0. The Kier molecular flexibility index (Phi) is 5.80. The number of carbonyl (C=O) groups excluding carboxylic acids is 2. The third kappa shape index (κ3) is 3.93. The van der Waals surface area contributed by atoms with Crippen LogP contribution in [0.4, 0.5) is 9.52 Å². The van der Waals surface area contributed by atoms with Gasteiger partial charge in [0.2, 0.25) is 10.9 Å². The molecule has 0 fully saturated rings. The number of aryl methyl sites for hydroxylation is 1. The lowest BCUT2D eigenvalue weighted by Crippen LogP contribution is -2.30. The number of benzene rings is 1. The van der Waals surface area contributed by atoms with Crippen molar-refractivity contribution < 1.29 is 27.9 Å². The van der Waals surface area contributed by atoms with Gasteiger partial charge in [0.15, 0.2) is 15.9 Å². The molecule has 1 unspecified atom stereocenters. The normalized spacial score (nSPS) is 16.0. The number of aliphatic hydroxyl groups excluding tert-OH is 1. The van der Waals surface area contributed by atoms with Crippen molar-refractivity contribution in [3.8, 4) is 0 Å². The fourth-order valence-corrected chi connectivity index (χ4v) is 5.41. The Bertz CT molecular complexity index is 1410. The summed E-state index contributed by atoms with van der Waals surface area (Å²) in [6.07, 6.45) is 1.41. The van der Waals surface area contributed by atoms with Gasteiger partial charge < -0.3 is 13.9 Å². The first kappa shape index (κ1) is 22.1. The molecule has 0 radical (unpaired) electrons. The largest absolute Gasteiger partial charge is 0.503 e. The molecule has 0 aliphatic carbocycles. The topological polar surface area (TPSA) is 110 Å². The van der Waals surface area contributed by atoms with E-state index in [0.717, 1.165) is 11.3 Å². The van der Waals surface area contributed by atoms with Crippen molar-refractivity contribution in [1.29, 1.82) is 0 Å². The summed E-state index contributed by atoms with van der Waals surface area (Å²) in [5, 5.41) is 19.0. The number of rotatable bonds is 7. The molecular formula is C23H16FN3O5S2. The van der Waals surface area contributed by atoms with E-state index >= 15 is 0 Å². The van der Waals surface area contributed by atoms with E-state index in [1.54, 1.807) is 43.3 Å². The second kappa shape index (κ2) is 8.92. The molecule has 1 N–H and O–H groups in total. The molecule has 172 valence electrons. The molecule has 1 amide bonds. The number of carbonyl (C=O) groups is 2. The molecule has 11 heteroatoms. The van der Waals surface area contributed by atoms with Gasteiger partial charge in [0, 0.05) is 5.75 Å². The van der Waals surface area contributed by atoms with E-state index < -0.39 is 23.5 Å². The molecule has 34 heavy (non-hydrogen) atoms. The summed E-state index contributed by atoms with van der Waals surface area (Å²) in [4.78, 5) is 27.4. The highest BCUT2D eigenvalue weighted by Crippen LogP contribution is 2.44. The Hall–Kier alpha value is -3.70. The molecule has 4 aromatic rings. The first-order valence-corrected chi connectivity index (χ1v) is 11.8. The van der Waals surface area contributed by atoms with E-state index in [2.05, 4.69) is 10.2 Å². The average molecular weight is 498 g/mol. The minimum atomic E-state index is -1.06. The highest BCUT2D eigenvalue weighted by Gasteiger charge is 2.48. The van der Waals surface area contributed by atoms with Gasteiger partial charge >= 0.3 is 0 Å². The zero-order valence-corrected chi connectivity index (χ0v) is 19.2. The van der Waals surface area contributed by atoms with Crippen molar-refractivity contribution >= 4 is 39.9 Å². The van der Waals surface area contributed by atoms with Crippen molar-refractivity contribution in [1.82, 2.24) is 10.2 Å². The van der Waals surface area contributed by atoms with Crippen LogP contribution in [0.2, 0.25) is 0 Å². The number of anilines is 1. The maximum absolute atomic E-state index is 13.9. The number of amides is 1. The number of ketones is 1. The zero-order chi connectivity index (χ0) is 23.8. The van der Waals surface area contributed by atoms with Crippen LogP contribution in [0.15, 0.2) is 79.3 Å². The van der Waals surface area contributed by atoms with Crippen LogP contribution in [-0.4, -0.2) is 27.0 Å². The van der Waals surface area contributed by atoms with Gasteiger partial charge in [-0.3, -0.25) is 14.5 Å². The minimum absolute atomic E-state index is 0.0105. The summed E-state index contributed by atoms with van der Waals surface area (Å²) >= 11 is 2.35. The van der Waals surface area contributed by atoms with Crippen molar-refractivity contribution in [3.63, 3.8) is 0 Å². The molecule has 0 saturated heterocycles. The third-order valence-electron chi connectivity index (χ3n) is 5.14. The van der Waals surface area contributed by atoms with E-state index in [0.29, 0.717) is 21.4 Å². The number of furan rings is 2. The van der Waals surface area contributed by atoms with Gasteiger partial charge in [0.1, 0.15) is 23.4 Å². The van der Waals surface area contributed by atoms with Crippen LogP contribution in [0.5, 0.6) is 0 Å². The second-order valence-electron chi connectivity index (χ2n) is 7.33. The fraction of sp³-hybridized carbons (Fsp3) is 0.130. The average Bonchev–Trinajstić information content (AvgIpc) is 3.62. The quantitative estimate of drug-likeness (QED) is 0.210. The monoisotopic (exact) mass is 497 g/mol. The van der Waals surface area contributed by atoms with E-state index in [-0.39, 0.29) is 28.0 Å². The van der Waals surface area contributed by atoms with Crippen molar-refractivity contribution in [2.45, 2.75) is 23.1 Å². The van der Waals surface area contributed by atoms with Gasteiger partial charge in [-0.25, -0.2) is 4.39 Å². The van der Waals surface area contributed by atoms with E-state index in [1.807, 2.05) is 0 Å². The molecule has 0 bridgehead atoms. The lowest BCUT2D eigenvalue weighted by molar-refractivity contribution is -0.117. The first-order chi connectivity index (χ1) is 16.4. The predicted molar refractivity (Wildman–Crippen MR) is 122 cm³/mol. The molecule has 3 aromatic heterocycles. The number of Topliss-reactive ketones (excluding diaryl/α,β-unsaturated/α-hetero) is 1. The number of aromatic nitrogens is 2. The highest BCUT2D eigenvalue weighted by molar-refractivity contribution is 8.00. The van der Waals surface area contributed by atoms with Crippen LogP contribution in [0.25, 0.3) is 0 Å². The molecule has 1 aliphatic heterocycles. The summed E-state index contributed by atoms with van der Waals surface area (Å²) in [5.74, 6) is -1.39. The van der Waals surface area contributed by atoms with Gasteiger partial charge in [-0.15, -0.1) is 10.2 Å². The number of hydrogen-bond acceptors (Lipinski definition) is 9. The lowest BCUT2D eigenvalue weighted by atomic mass is 10.00. The number of thioether (sulfide) groups is 1. The van der Waals surface area contributed by atoms with Crippen LogP contribution in [0, 0.1) is 12.7 Å². The summed E-state index contributed by atoms with van der Waals surface area (Å²) in [6.45, 7) is 1.68. The summed E-state index contributed by atoms with van der Waals surface area (Å²) in [7, 11) is 0. The smallest absolute Gasteiger partial charge is 0.296 e. The number of halogens is 1. The lowest BCUT2D eigenvalue weighted by Gasteiger charge is -2.21. The Morgan fingerprint density at radius 3 is 2.74 bits per heavy atom. The molecule has 1 atom stereocenters. The molecule has 5 rings (SSSR count). The Labute approximate surface area is 200 Å². The van der Waals surface area contributed by atoms with Gasteiger partial charge in [-0.05, 0) is 42.8 Å². The Morgan fingerprint density at radius 1 is 1.21 bits per heavy atom. The van der Waals surface area contributed by atoms with Gasteiger partial charge in [-0.1, -0.05) is 41.3 Å². The SMILES string of the molecule is Cc1ccc(C(=O)C2=C(O)C(=O)N(c3nnc(SCc4ccccc4F)s3)C2c2ccco2)o1. The Balaban J connectivity index is 1.46. The second-order valence-corrected chi connectivity index (χ2v) is 9.50. The van der Waals surface area contributed by atoms with Gasteiger partial charge in [0.05, 0.1) is 11.8 Å². The molecule has 8 nitrogen and oxygen atoms in total. The maximum atomic E-state index is 13.9. The summed E-state index contributed by atoms with van der Waals surface area (Å²) in [6, 6.07) is 11.7. The standard InChI is InChI=1S/C23H16FN3O5S2/c1-12-8-9-16(32-12)19(28)17-18(15-7-4-10-31-15)27(21(30)20(17)29)22-25-26-23(34-22)33-11-13-5-2-3-6-14(13)24/h2-10,18,29H,11H2,1H3. The van der Waals surface area contributed by atoms with Crippen LogP contribution in [0.3, 0.4) is 0 Å². The molecule has 0 spiro atoms. The van der Waals surface area contributed by atoms with Crippen molar-refractivity contribution in [3.05, 3.63) is 94.8 Å². The zero-order valence-electron chi connectivity index (χ0n) is 17.6. The Morgan fingerprint density at radius 2 is 2.03 bits per heavy atom. The summed E-state index contributed by atoms with van der Waals surface area (Å²) in [5.41, 5.74) is 0.334. The van der Waals surface area contributed by atoms with Crippen molar-refractivity contribution in [2.75, 3.05) is 4.90 Å². The number of nitrogens with zero attached hydrogens (tertiary/aromatic N) is 3. The minimum Gasteiger partial charge on any atom is -0.503 e. The molecular weight excluding hydrogens is 481 g/mol. The molecule has 4 heterocycles. The van der Waals surface area contributed by atoms with Gasteiger partial charge in [-0.2, -0.15) is 0 Å². The maximum Gasteiger partial charge on any atom is 0.296 e. The van der Waals surface area contributed by atoms with E-state index in [4.69, 9.17) is 8.83 Å². The molecule has 0 saturated carbocycles. The molecule has 1 aliphatic rings. The fourth-order valence-electron chi connectivity index (χ4n) is 3.55. The van der Waals surface area contributed by atoms with Crippen LogP contribution < -0.4 is 4.90 Å². The van der Waals surface area contributed by atoms with Crippen LogP contribution in [-0.2, 0) is 10.5 Å².